The van der Waals surface area contributed by atoms with Gasteiger partial charge in [-0.05, 0) is 52.9 Å². The molecule has 1 aliphatic heterocycles. The Morgan fingerprint density at radius 2 is 2.16 bits per heavy atom. The number of carbonyl (C=O) groups is 1. The fourth-order valence-corrected chi connectivity index (χ4v) is 2.27. The summed E-state index contributed by atoms with van der Waals surface area (Å²) in [7, 11) is 0. The number of rotatable bonds is 3. The largest absolute Gasteiger partial charge is 0.444 e. The number of hydrogen-bond donors (Lipinski definition) is 1. The van der Waals surface area contributed by atoms with Crippen LogP contribution < -0.4 is 0 Å². The third kappa shape index (κ3) is 5.76. The van der Waals surface area contributed by atoms with Crippen LogP contribution in [0.4, 0.5) is 9.18 Å². The highest BCUT2D eigenvalue weighted by Crippen LogP contribution is 2.24. The first-order valence-electron chi connectivity index (χ1n) is 6.99. The minimum absolute atomic E-state index is 0.103. The summed E-state index contributed by atoms with van der Waals surface area (Å²) in [5.41, 5.74) is -0.508. The molecule has 1 fully saturated rings. The zero-order valence-electron chi connectivity index (χ0n) is 12.4. The number of nitrogens with zero attached hydrogens (tertiary/aromatic N) is 1. The summed E-state index contributed by atoms with van der Waals surface area (Å²) >= 11 is 0. The van der Waals surface area contributed by atoms with Gasteiger partial charge in [0.05, 0.1) is 6.10 Å². The standard InChI is InChI=1S/C14H26FNO3/c1-10(17)12(15)8-11-6-5-7-16(9-11)13(18)19-14(2,3)4/h10-12,17H,5-9H2,1-4H3. The van der Waals surface area contributed by atoms with Gasteiger partial charge < -0.3 is 14.7 Å². The number of alkyl halides is 1. The fourth-order valence-electron chi connectivity index (χ4n) is 2.27. The zero-order chi connectivity index (χ0) is 14.6. The van der Waals surface area contributed by atoms with Crippen LogP contribution in [-0.4, -0.2) is 47.1 Å². The van der Waals surface area contributed by atoms with E-state index in [4.69, 9.17) is 4.74 Å². The summed E-state index contributed by atoms with van der Waals surface area (Å²) in [6.07, 6.45) is -0.440. The van der Waals surface area contributed by atoms with Crippen molar-refractivity contribution in [2.45, 2.75) is 64.8 Å². The number of likely N-dealkylation sites (tertiary alicyclic amines) is 1. The second-order valence-corrected chi connectivity index (χ2v) is 6.43. The number of piperidine rings is 1. The molecule has 19 heavy (non-hydrogen) atoms. The van der Waals surface area contributed by atoms with Gasteiger partial charge in [-0.3, -0.25) is 0 Å². The van der Waals surface area contributed by atoms with E-state index in [2.05, 4.69) is 0 Å². The van der Waals surface area contributed by atoms with Gasteiger partial charge in [0.2, 0.25) is 0 Å². The van der Waals surface area contributed by atoms with Gasteiger partial charge in [-0.1, -0.05) is 0 Å². The third-order valence-corrected chi connectivity index (χ3v) is 3.25. The molecule has 3 atom stereocenters. The highest BCUT2D eigenvalue weighted by molar-refractivity contribution is 5.68. The predicted molar refractivity (Wildman–Crippen MR) is 71.7 cm³/mol. The minimum Gasteiger partial charge on any atom is -0.444 e. The summed E-state index contributed by atoms with van der Waals surface area (Å²) < 4.78 is 18.8. The van der Waals surface area contributed by atoms with Crippen LogP contribution in [-0.2, 0) is 4.74 Å². The molecule has 1 rings (SSSR count). The maximum atomic E-state index is 13.5. The van der Waals surface area contributed by atoms with Crippen molar-refractivity contribution in [3.63, 3.8) is 0 Å². The van der Waals surface area contributed by atoms with Gasteiger partial charge >= 0.3 is 6.09 Å². The van der Waals surface area contributed by atoms with Crippen molar-refractivity contribution in [1.29, 1.82) is 0 Å². The lowest BCUT2D eigenvalue weighted by molar-refractivity contribution is 0.0114. The van der Waals surface area contributed by atoms with Gasteiger partial charge in [-0.25, -0.2) is 9.18 Å². The van der Waals surface area contributed by atoms with E-state index in [-0.39, 0.29) is 12.0 Å². The van der Waals surface area contributed by atoms with E-state index in [1.54, 1.807) is 4.90 Å². The maximum Gasteiger partial charge on any atom is 0.410 e. The van der Waals surface area contributed by atoms with Crippen molar-refractivity contribution in [1.82, 2.24) is 4.90 Å². The SMILES string of the molecule is CC(O)C(F)CC1CCCN(C(=O)OC(C)(C)C)C1. The molecule has 1 amide bonds. The monoisotopic (exact) mass is 275 g/mol. The Balaban J connectivity index is 2.48. The van der Waals surface area contributed by atoms with E-state index >= 15 is 0 Å². The molecular formula is C14H26FNO3. The van der Waals surface area contributed by atoms with Crippen LogP contribution in [0.3, 0.4) is 0 Å². The van der Waals surface area contributed by atoms with Crippen LogP contribution in [0.2, 0.25) is 0 Å². The van der Waals surface area contributed by atoms with Crippen molar-refractivity contribution >= 4 is 6.09 Å². The minimum atomic E-state index is -1.22. The van der Waals surface area contributed by atoms with Gasteiger partial charge in [0, 0.05) is 13.1 Å². The Hall–Kier alpha value is -0.840. The van der Waals surface area contributed by atoms with Gasteiger partial charge in [0.15, 0.2) is 0 Å². The first kappa shape index (κ1) is 16.2. The van der Waals surface area contributed by atoms with Gasteiger partial charge in [-0.15, -0.1) is 0 Å². The molecule has 5 heteroatoms. The highest BCUT2D eigenvalue weighted by Gasteiger charge is 2.29. The van der Waals surface area contributed by atoms with Gasteiger partial charge in [0.25, 0.3) is 0 Å². The number of amides is 1. The molecule has 0 aromatic rings. The topological polar surface area (TPSA) is 49.8 Å². The first-order valence-corrected chi connectivity index (χ1v) is 6.99. The normalized spacial score (nSPS) is 23.9. The van der Waals surface area contributed by atoms with E-state index < -0.39 is 17.9 Å². The molecule has 0 aliphatic carbocycles. The van der Waals surface area contributed by atoms with Crippen molar-refractivity contribution < 1.29 is 19.0 Å². The van der Waals surface area contributed by atoms with Crippen molar-refractivity contribution in [3.8, 4) is 0 Å². The molecule has 3 unspecified atom stereocenters. The quantitative estimate of drug-likeness (QED) is 0.861. The van der Waals surface area contributed by atoms with E-state index in [9.17, 15) is 14.3 Å². The van der Waals surface area contributed by atoms with Crippen LogP contribution >= 0.6 is 0 Å². The van der Waals surface area contributed by atoms with Crippen molar-refractivity contribution in [2.75, 3.05) is 13.1 Å². The average Bonchev–Trinajstić information content (AvgIpc) is 2.27. The van der Waals surface area contributed by atoms with Crippen molar-refractivity contribution in [3.05, 3.63) is 0 Å². The summed E-state index contributed by atoms with van der Waals surface area (Å²) in [6, 6.07) is 0. The lowest BCUT2D eigenvalue weighted by Crippen LogP contribution is -2.43. The Morgan fingerprint density at radius 3 is 2.68 bits per heavy atom. The summed E-state index contributed by atoms with van der Waals surface area (Å²) in [5, 5.41) is 9.20. The Labute approximate surface area is 114 Å². The smallest absolute Gasteiger partial charge is 0.410 e. The number of aliphatic hydroxyl groups excluding tert-OH is 1. The zero-order valence-corrected chi connectivity index (χ0v) is 12.4. The average molecular weight is 275 g/mol. The van der Waals surface area contributed by atoms with E-state index in [1.807, 2.05) is 20.8 Å². The molecule has 112 valence electrons. The number of carbonyl (C=O) groups excluding carboxylic acids is 1. The molecule has 0 bridgehead atoms. The third-order valence-electron chi connectivity index (χ3n) is 3.25. The lowest BCUT2D eigenvalue weighted by atomic mass is 9.92. The van der Waals surface area contributed by atoms with Crippen LogP contribution in [0.5, 0.6) is 0 Å². The number of aliphatic hydroxyl groups is 1. The van der Waals surface area contributed by atoms with E-state index in [1.165, 1.54) is 6.92 Å². The number of hydrogen-bond acceptors (Lipinski definition) is 3. The molecule has 1 heterocycles. The second kappa shape index (κ2) is 6.55. The van der Waals surface area contributed by atoms with Crippen LogP contribution in [0.1, 0.15) is 47.0 Å². The molecule has 0 spiro atoms. The van der Waals surface area contributed by atoms with Gasteiger partial charge in [-0.2, -0.15) is 0 Å². The Kier molecular flexibility index (Phi) is 5.59. The summed E-state index contributed by atoms with van der Waals surface area (Å²) in [5.74, 6) is 0.103. The molecule has 0 aromatic carbocycles. The first-order chi connectivity index (χ1) is 8.69. The lowest BCUT2D eigenvalue weighted by Gasteiger charge is -2.34. The van der Waals surface area contributed by atoms with E-state index in [0.29, 0.717) is 19.5 Å². The molecule has 0 saturated carbocycles. The molecule has 1 aliphatic rings. The molecule has 4 nitrogen and oxygen atoms in total. The van der Waals surface area contributed by atoms with Gasteiger partial charge in [0.1, 0.15) is 11.8 Å². The van der Waals surface area contributed by atoms with Crippen molar-refractivity contribution in [2.24, 2.45) is 5.92 Å². The molecule has 1 saturated heterocycles. The van der Waals surface area contributed by atoms with Crippen LogP contribution in [0.15, 0.2) is 0 Å². The predicted octanol–water partition coefficient (Wildman–Crippen LogP) is 2.74. The second-order valence-electron chi connectivity index (χ2n) is 6.43. The van der Waals surface area contributed by atoms with Crippen LogP contribution in [0, 0.1) is 5.92 Å². The summed E-state index contributed by atoms with van der Waals surface area (Å²) in [6.45, 7) is 8.13. The molecular weight excluding hydrogens is 249 g/mol. The van der Waals surface area contributed by atoms with Crippen LogP contribution in [0.25, 0.3) is 0 Å². The molecule has 1 N–H and O–H groups in total. The maximum absolute atomic E-state index is 13.5. The van der Waals surface area contributed by atoms with E-state index in [0.717, 1.165) is 12.8 Å². The Bertz CT molecular complexity index is 302. The molecule has 0 radical (unpaired) electrons. The number of halogens is 1. The fraction of sp³-hybridized carbons (Fsp3) is 0.929. The highest BCUT2D eigenvalue weighted by atomic mass is 19.1. The summed E-state index contributed by atoms with van der Waals surface area (Å²) in [4.78, 5) is 13.6. The number of ether oxygens (including phenoxy) is 1. The Morgan fingerprint density at radius 1 is 1.53 bits per heavy atom. The molecule has 0 aromatic heterocycles.